The number of hydrogen-bond acceptors (Lipinski definition) is 12. The summed E-state index contributed by atoms with van der Waals surface area (Å²) in [7, 11) is 7.45. The molecule has 0 amide bonds. The van der Waals surface area contributed by atoms with E-state index in [0.29, 0.717) is 17.1 Å². The molecule has 12 aromatic carbocycles. The fourth-order valence-electron chi connectivity index (χ4n) is 13.5. The molecule has 145 heavy (non-hydrogen) atoms. The molecule has 0 aliphatic heterocycles. The maximum absolute atomic E-state index is 14.7. The van der Waals surface area contributed by atoms with Crippen LogP contribution in [0.25, 0.3) is 99.7 Å². The average Bonchev–Trinajstić information content (AvgIpc) is 0.797. The third-order valence-corrected chi connectivity index (χ3v) is 20.5. The van der Waals surface area contributed by atoms with E-state index in [1.807, 2.05) is 351 Å². The van der Waals surface area contributed by atoms with Crippen molar-refractivity contribution in [2.24, 2.45) is 0 Å². The van der Waals surface area contributed by atoms with Crippen LogP contribution in [0.5, 0.6) is 0 Å². The van der Waals surface area contributed by atoms with Crippen molar-refractivity contribution in [1.82, 2.24) is 39.9 Å². The SMILES string of the molecule is Cc1c(F)c[c-]c(-c2cc(N(C)C)ccn2)c1F.Fc1c[c-]c(-c2cc(N(c3ccccc3)c3ccccc3)ccn2)c(F)c1.[C-]#[N+]c1c(F)c[c-]c(-c2cc(N(C)C)ccn2)c1F.[C-]#[N+]c1c(F)c[c-]c(-c2cc(N(c3ccccc3)c3ccccc3)ccn2)c1F.[Ir].[Ir].[Ir].[Ir].[c-]1ccccc1-c1ccccn1.[c-]1ccccc1-c1ccccn1.[c-]1ccccc1-c1ccccn1.[c-]1ccccc1-c1ccccn1. The predicted molar refractivity (Wildman–Crippen MR) is 543 cm³/mol. The average molecular weight is 2630 g/mol. The summed E-state index contributed by atoms with van der Waals surface area (Å²) in [4.78, 5) is 47.1. The number of hydrogen-bond donors (Lipinski definition) is 0. The van der Waals surface area contributed by atoms with Gasteiger partial charge in [0.2, 0.25) is 0 Å². The maximum atomic E-state index is 14.7. The number of nitrogens with zero attached hydrogens (tertiary/aromatic N) is 14. The Morgan fingerprint density at radius 3 is 0.759 bits per heavy atom. The molecule has 8 aromatic heterocycles. The maximum Gasteiger partial charge on any atom is 0.176 e. The molecule has 4 radical (unpaired) electrons. The fourth-order valence-corrected chi connectivity index (χ4v) is 13.5. The van der Waals surface area contributed by atoms with E-state index < -0.39 is 57.9 Å². The van der Waals surface area contributed by atoms with Crippen LogP contribution >= 0.6 is 0 Å². The van der Waals surface area contributed by atoms with Crippen LogP contribution in [0.4, 0.5) is 92.0 Å². The molecule has 8 heterocycles. The van der Waals surface area contributed by atoms with E-state index in [0.717, 1.165) is 121 Å². The molecule has 0 atom stereocenters. The summed E-state index contributed by atoms with van der Waals surface area (Å²) in [6.07, 6.45) is 13.4. The number of rotatable bonds is 16. The molecular formula is C119H84F8Ir4N14-8. The molecule has 0 saturated carbocycles. The zero-order chi connectivity index (χ0) is 99.0. The molecule has 0 saturated heterocycles. The Morgan fingerprint density at radius 1 is 0.234 bits per heavy atom. The first-order chi connectivity index (χ1) is 68.8. The van der Waals surface area contributed by atoms with Gasteiger partial charge >= 0.3 is 0 Å². The van der Waals surface area contributed by atoms with Crippen LogP contribution in [0, 0.1) is 115 Å². The molecule has 20 aromatic rings. The van der Waals surface area contributed by atoms with Crippen LogP contribution in [0.2, 0.25) is 0 Å². The van der Waals surface area contributed by atoms with Gasteiger partial charge in [-0.15, -0.1) is 203 Å². The molecule has 14 nitrogen and oxygen atoms in total. The van der Waals surface area contributed by atoms with Crippen molar-refractivity contribution in [3.63, 3.8) is 0 Å². The Kier molecular flexibility index (Phi) is 45.4. The Morgan fingerprint density at radius 2 is 0.490 bits per heavy atom. The van der Waals surface area contributed by atoms with Gasteiger partial charge in [0.15, 0.2) is 11.4 Å². The fraction of sp³-hybridized carbons (Fsp3) is 0.0420. The summed E-state index contributed by atoms with van der Waals surface area (Å²) in [5.74, 6) is -6.31. The molecule has 0 aliphatic carbocycles. The first kappa shape index (κ1) is 113. The molecule has 26 heteroatoms. The second-order valence-electron chi connectivity index (χ2n) is 30.4. The number of aromatic nitrogens is 8. The predicted octanol–water partition coefficient (Wildman–Crippen LogP) is 30.0. The van der Waals surface area contributed by atoms with Crippen LogP contribution < -0.4 is 19.6 Å². The summed E-state index contributed by atoms with van der Waals surface area (Å²) < 4.78 is 110. The monoisotopic (exact) mass is 2630 g/mol. The normalized spacial score (nSPS) is 9.87. The van der Waals surface area contributed by atoms with Gasteiger partial charge in [-0.1, -0.05) is 175 Å². The zero-order valence-electron chi connectivity index (χ0n) is 78.0. The zero-order valence-corrected chi connectivity index (χ0v) is 87.5. The van der Waals surface area contributed by atoms with Gasteiger partial charge in [0.1, 0.15) is 0 Å². The van der Waals surface area contributed by atoms with E-state index in [1.165, 1.54) is 13.1 Å². The van der Waals surface area contributed by atoms with E-state index >= 15 is 0 Å². The van der Waals surface area contributed by atoms with Gasteiger partial charge < -0.3 is 59.5 Å². The van der Waals surface area contributed by atoms with Gasteiger partial charge in [-0.05, 0) is 143 Å². The molecule has 0 fully saturated rings. The molecule has 0 unspecified atom stereocenters. The number of para-hydroxylation sites is 4. The minimum atomic E-state index is -0.962. The molecule has 730 valence electrons. The number of anilines is 8. The van der Waals surface area contributed by atoms with Crippen molar-refractivity contribution >= 4 is 56.9 Å². The van der Waals surface area contributed by atoms with Crippen molar-refractivity contribution in [1.29, 1.82) is 0 Å². The summed E-state index contributed by atoms with van der Waals surface area (Å²) >= 11 is 0. The molecule has 0 N–H and O–H groups in total. The number of benzene rings is 12. The molecule has 0 bridgehead atoms. The Bertz CT molecular complexity index is 6910. The van der Waals surface area contributed by atoms with Crippen molar-refractivity contribution < 1.29 is 116 Å². The van der Waals surface area contributed by atoms with Crippen LogP contribution in [-0.2, 0) is 80.4 Å². The summed E-state index contributed by atoms with van der Waals surface area (Å²) in [5, 5.41) is 0. The molecule has 20 rings (SSSR count). The van der Waals surface area contributed by atoms with Gasteiger partial charge in [-0.3, -0.25) is 44.8 Å². The van der Waals surface area contributed by atoms with Gasteiger partial charge in [-0.25, -0.2) is 0 Å². The molecular weight excluding hydrogens is 2550 g/mol. The first-order valence-corrected chi connectivity index (χ1v) is 43.6. The van der Waals surface area contributed by atoms with Gasteiger partial charge in [0.25, 0.3) is 0 Å². The van der Waals surface area contributed by atoms with Crippen LogP contribution in [-0.4, -0.2) is 68.1 Å². The van der Waals surface area contributed by atoms with Crippen LogP contribution in [0.3, 0.4) is 0 Å². The summed E-state index contributed by atoms with van der Waals surface area (Å²) in [5.41, 5.74) is 15.5. The molecule has 0 spiro atoms. The topological polar surface area (TPSA) is 125 Å². The first-order valence-electron chi connectivity index (χ1n) is 43.6. The largest absolute Gasteiger partial charge is 0.378 e. The number of halogens is 8. The second-order valence-corrected chi connectivity index (χ2v) is 30.4. The van der Waals surface area contributed by atoms with E-state index in [-0.39, 0.29) is 114 Å². The Balaban J connectivity index is 0.000000188. The third kappa shape index (κ3) is 32.0. The van der Waals surface area contributed by atoms with E-state index in [2.05, 4.69) is 98.1 Å². The standard InChI is InChI=1S/C24H14F2N3.C23H15F2N2.C14H10F2N3.C14H13F2N2.4C11H8N.4Ir/c1-27-24-21(25)13-12-20(23(24)26)22-16-19(14-15-28-22)29(17-8-4-2-5-9-17)18-10-6-3-7-11-18;24-17-11-12-21(22(25)15-17)23-16-20(13-14-26-23)27(18-7-3-1-4-8-18)19-9-5-2-6-10-19;1-17-14-11(15)5-4-10(13(14)16)12-8-9(19(2)3)6-7-18-12;1-9-12(15)5-4-11(14(9)16)13-8-10(18(2)3)6-7-17-13;4*1-2-6-10(7-3-1)11-8-4-5-9-12-11;;;;/h2-11,13-16H;1-11,13-16H;5-8H,2-3H3;5-8H,1-3H3;4*1-6,8-9H;;;;/q8*-1;;;;. The minimum absolute atomic E-state index is 0. The van der Waals surface area contributed by atoms with Crippen molar-refractivity contribution in [3.05, 3.63) is 543 Å². The summed E-state index contributed by atoms with van der Waals surface area (Å²) in [6.45, 7) is 15.2. The second kappa shape index (κ2) is 58.5. The van der Waals surface area contributed by atoms with E-state index in [9.17, 15) is 35.1 Å². The van der Waals surface area contributed by atoms with Crippen molar-refractivity contribution in [2.75, 3.05) is 47.8 Å². The van der Waals surface area contributed by atoms with Crippen LogP contribution in [0.1, 0.15) is 5.56 Å². The minimum Gasteiger partial charge on any atom is -0.378 e. The van der Waals surface area contributed by atoms with Gasteiger partial charge in [-0.2, -0.15) is 0 Å². The van der Waals surface area contributed by atoms with E-state index in [4.69, 9.17) is 13.1 Å². The smallest absolute Gasteiger partial charge is 0.176 e. The van der Waals surface area contributed by atoms with Crippen molar-refractivity contribution in [2.45, 2.75) is 6.92 Å². The van der Waals surface area contributed by atoms with Gasteiger partial charge in [0, 0.05) is 250 Å². The number of pyridine rings is 8. The Labute approximate surface area is 892 Å². The summed E-state index contributed by atoms with van der Waals surface area (Å²) in [6, 6.07) is 136. The van der Waals surface area contributed by atoms with Crippen molar-refractivity contribution in [3.8, 4) is 90.1 Å². The van der Waals surface area contributed by atoms with Gasteiger partial charge in [0.05, 0.1) is 13.1 Å². The van der Waals surface area contributed by atoms with Crippen LogP contribution in [0.15, 0.2) is 420 Å². The quantitative estimate of drug-likeness (QED) is 0.0675. The third-order valence-electron chi connectivity index (χ3n) is 20.5. The Hall–Kier alpha value is -15.9. The van der Waals surface area contributed by atoms with E-state index in [1.54, 1.807) is 79.8 Å². The molecule has 0 aliphatic rings.